The van der Waals surface area contributed by atoms with E-state index in [-0.39, 0.29) is 26.7 Å². The van der Waals surface area contributed by atoms with Gasteiger partial charge in [0, 0.05) is 15.5 Å². The summed E-state index contributed by atoms with van der Waals surface area (Å²) in [5.41, 5.74) is 0.693. The highest BCUT2D eigenvalue weighted by Crippen LogP contribution is 2.42. The number of hydrogen-bond acceptors (Lipinski definition) is 7. The minimum Gasteiger partial charge on any atom is -0.478 e. The molecule has 0 saturated heterocycles. The minimum atomic E-state index is -1.51. The first-order valence-electron chi connectivity index (χ1n) is 12.7. The van der Waals surface area contributed by atoms with Crippen LogP contribution in [-0.2, 0) is 22.4 Å². The summed E-state index contributed by atoms with van der Waals surface area (Å²) in [6, 6.07) is 6.60. The van der Waals surface area contributed by atoms with Crippen molar-refractivity contribution in [3.05, 3.63) is 71.5 Å². The molecule has 2 amide bonds. The summed E-state index contributed by atoms with van der Waals surface area (Å²) >= 11 is 26.9. The standard InChI is InChI=1S/C28H24Cl4N2O6S2/c1-40-28(39)18-15-9-4-2-3-5-10-16(15)42-26(18)34-17(35)12-41-14-8-6-7-13(11-14)33-25(36)19-20(27(37)38)22(30)24(32)23(31)21(19)29/h6-8,11H,2-5,9-10,12H2,1H3,(H,33,36)(H,34,35)(H,37,38). The minimum absolute atomic E-state index is 0.0258. The van der Waals surface area contributed by atoms with Crippen LogP contribution in [0.1, 0.15) is 67.2 Å². The van der Waals surface area contributed by atoms with Crippen molar-refractivity contribution in [2.45, 2.75) is 43.4 Å². The molecule has 1 aromatic heterocycles. The van der Waals surface area contributed by atoms with Crippen LogP contribution in [0.4, 0.5) is 10.7 Å². The summed E-state index contributed by atoms with van der Waals surface area (Å²) in [5.74, 6) is -3.11. The Morgan fingerprint density at radius 2 is 1.57 bits per heavy atom. The largest absolute Gasteiger partial charge is 0.478 e. The van der Waals surface area contributed by atoms with Crippen LogP contribution in [0.3, 0.4) is 0 Å². The Morgan fingerprint density at radius 3 is 2.24 bits per heavy atom. The van der Waals surface area contributed by atoms with Crippen molar-refractivity contribution in [2.75, 3.05) is 23.5 Å². The molecule has 0 radical (unpaired) electrons. The first kappa shape index (κ1) is 32.4. The van der Waals surface area contributed by atoms with Gasteiger partial charge in [-0.05, 0) is 49.4 Å². The van der Waals surface area contributed by atoms with Gasteiger partial charge in [-0.3, -0.25) is 9.59 Å². The molecule has 0 saturated carbocycles. The van der Waals surface area contributed by atoms with Gasteiger partial charge in [-0.25, -0.2) is 9.59 Å². The van der Waals surface area contributed by atoms with E-state index in [1.54, 1.807) is 24.3 Å². The van der Waals surface area contributed by atoms with E-state index >= 15 is 0 Å². The maximum atomic E-state index is 13.1. The number of aryl methyl sites for hydroxylation is 1. The van der Waals surface area contributed by atoms with Gasteiger partial charge in [0.25, 0.3) is 5.91 Å². The van der Waals surface area contributed by atoms with Crippen molar-refractivity contribution in [3.63, 3.8) is 0 Å². The Kier molecular flexibility index (Phi) is 11.1. The lowest BCUT2D eigenvalue weighted by atomic mass is 9.96. The number of amides is 2. The van der Waals surface area contributed by atoms with Crippen molar-refractivity contribution in [2.24, 2.45) is 0 Å². The summed E-state index contributed by atoms with van der Waals surface area (Å²) in [6.45, 7) is 0. The van der Waals surface area contributed by atoms with Crippen LogP contribution in [0.5, 0.6) is 0 Å². The lowest BCUT2D eigenvalue weighted by Crippen LogP contribution is -2.18. The molecule has 1 aliphatic rings. The summed E-state index contributed by atoms with van der Waals surface area (Å²) < 4.78 is 5.02. The third-order valence-corrected chi connectivity index (χ3v) is 10.5. The van der Waals surface area contributed by atoms with Crippen LogP contribution in [0, 0.1) is 0 Å². The third kappa shape index (κ3) is 7.18. The van der Waals surface area contributed by atoms with E-state index in [9.17, 15) is 24.3 Å². The molecule has 222 valence electrons. The molecule has 0 atom stereocenters. The third-order valence-electron chi connectivity index (χ3n) is 6.48. The first-order chi connectivity index (χ1) is 20.0. The van der Waals surface area contributed by atoms with E-state index in [0.717, 1.165) is 49.0 Å². The second-order valence-corrected chi connectivity index (χ2v) is 12.9. The molecule has 3 aromatic rings. The molecule has 42 heavy (non-hydrogen) atoms. The highest BCUT2D eigenvalue weighted by atomic mass is 35.5. The molecule has 2 aromatic carbocycles. The summed E-state index contributed by atoms with van der Waals surface area (Å²) in [7, 11) is 1.33. The number of anilines is 2. The van der Waals surface area contributed by atoms with Crippen molar-refractivity contribution in [3.8, 4) is 0 Å². The predicted octanol–water partition coefficient (Wildman–Crippen LogP) is 8.49. The van der Waals surface area contributed by atoms with Crippen LogP contribution in [0.25, 0.3) is 0 Å². The Labute approximate surface area is 270 Å². The smallest absolute Gasteiger partial charge is 0.341 e. The number of carbonyl (C=O) groups excluding carboxylic acids is 3. The lowest BCUT2D eigenvalue weighted by molar-refractivity contribution is -0.113. The van der Waals surface area contributed by atoms with Gasteiger partial charge >= 0.3 is 11.9 Å². The summed E-state index contributed by atoms with van der Waals surface area (Å²) in [4.78, 5) is 52.2. The number of carboxylic acid groups (broad SMARTS) is 1. The van der Waals surface area contributed by atoms with Crippen LogP contribution in [0.2, 0.25) is 20.1 Å². The summed E-state index contributed by atoms with van der Waals surface area (Å²) in [5, 5.41) is 14.3. The summed E-state index contributed by atoms with van der Waals surface area (Å²) in [6.07, 6.45) is 5.88. The van der Waals surface area contributed by atoms with Crippen LogP contribution in [0.15, 0.2) is 29.2 Å². The topological polar surface area (TPSA) is 122 Å². The van der Waals surface area contributed by atoms with E-state index in [1.165, 1.54) is 30.2 Å². The highest BCUT2D eigenvalue weighted by molar-refractivity contribution is 8.00. The molecule has 3 N–H and O–H groups in total. The van der Waals surface area contributed by atoms with Crippen molar-refractivity contribution in [1.82, 2.24) is 0 Å². The number of hydrogen-bond donors (Lipinski definition) is 3. The number of carboxylic acids is 1. The number of nitrogens with one attached hydrogen (secondary N) is 2. The number of carbonyl (C=O) groups is 4. The zero-order valence-electron chi connectivity index (χ0n) is 22.1. The Hall–Kier alpha value is -2.47. The van der Waals surface area contributed by atoms with Crippen LogP contribution >= 0.6 is 69.5 Å². The van der Waals surface area contributed by atoms with Crippen LogP contribution in [-0.4, -0.2) is 41.7 Å². The maximum absolute atomic E-state index is 13.1. The maximum Gasteiger partial charge on any atom is 0.341 e. The Morgan fingerprint density at radius 1 is 0.905 bits per heavy atom. The van der Waals surface area contributed by atoms with Gasteiger partial charge < -0.3 is 20.5 Å². The second-order valence-electron chi connectivity index (χ2n) is 9.24. The van der Waals surface area contributed by atoms with E-state index in [1.807, 2.05) is 0 Å². The molecule has 0 bridgehead atoms. The first-order valence-corrected chi connectivity index (χ1v) is 16.0. The number of esters is 1. The quantitative estimate of drug-likeness (QED) is 0.0938. The van der Waals surface area contributed by atoms with E-state index < -0.39 is 34.0 Å². The van der Waals surface area contributed by atoms with Gasteiger partial charge in [-0.1, -0.05) is 65.3 Å². The molecular formula is C28H24Cl4N2O6S2. The monoisotopic (exact) mass is 688 g/mol. The van der Waals surface area contributed by atoms with E-state index in [0.29, 0.717) is 21.1 Å². The Bertz CT molecular complexity index is 1580. The van der Waals surface area contributed by atoms with E-state index in [4.69, 9.17) is 51.1 Å². The van der Waals surface area contributed by atoms with Gasteiger partial charge in [0.15, 0.2) is 0 Å². The van der Waals surface area contributed by atoms with Crippen molar-refractivity contribution >= 4 is 104 Å². The van der Waals surface area contributed by atoms with Gasteiger partial charge in [0.1, 0.15) is 5.00 Å². The SMILES string of the molecule is COC(=O)c1c(NC(=O)CSc2cccc(NC(=O)c3c(Cl)c(Cl)c(Cl)c(Cl)c3C(=O)O)c2)sc2c1CCCCCC2. The zero-order chi connectivity index (χ0) is 30.6. The molecule has 14 heteroatoms. The van der Waals surface area contributed by atoms with Gasteiger partial charge in [-0.2, -0.15) is 0 Å². The van der Waals surface area contributed by atoms with E-state index in [2.05, 4.69) is 10.6 Å². The number of halogens is 4. The fourth-order valence-electron chi connectivity index (χ4n) is 4.54. The molecule has 1 heterocycles. The second kappa shape index (κ2) is 14.3. The predicted molar refractivity (Wildman–Crippen MR) is 169 cm³/mol. The van der Waals surface area contributed by atoms with Crippen LogP contribution < -0.4 is 10.6 Å². The normalized spacial score (nSPS) is 13.0. The number of fused-ring (bicyclic) bond motifs is 1. The zero-order valence-corrected chi connectivity index (χ0v) is 26.7. The average Bonchev–Trinajstić information content (AvgIpc) is 3.27. The Balaban J connectivity index is 1.48. The van der Waals surface area contributed by atoms with Gasteiger partial charge in [-0.15, -0.1) is 23.1 Å². The highest BCUT2D eigenvalue weighted by Gasteiger charge is 2.29. The number of thioether (sulfide) groups is 1. The van der Waals surface area contributed by atoms with Crippen molar-refractivity contribution < 1.29 is 29.0 Å². The molecule has 0 unspecified atom stereocenters. The number of benzene rings is 2. The number of ether oxygens (including phenoxy) is 1. The number of rotatable bonds is 8. The van der Waals surface area contributed by atoms with Gasteiger partial charge in [0.2, 0.25) is 5.91 Å². The average molecular weight is 690 g/mol. The fourth-order valence-corrected chi connectivity index (χ4v) is 7.61. The number of aromatic carboxylic acids is 1. The van der Waals surface area contributed by atoms with Gasteiger partial charge in [0.05, 0.1) is 49.6 Å². The lowest BCUT2D eigenvalue weighted by Gasteiger charge is -2.14. The number of thiophene rings is 1. The molecular weight excluding hydrogens is 666 g/mol. The molecule has 0 aliphatic heterocycles. The number of methoxy groups -OCH3 is 1. The van der Waals surface area contributed by atoms with Crippen molar-refractivity contribution in [1.29, 1.82) is 0 Å². The molecule has 0 spiro atoms. The molecule has 8 nitrogen and oxygen atoms in total. The molecule has 4 rings (SSSR count). The fraction of sp³-hybridized carbons (Fsp3) is 0.286. The molecule has 1 aliphatic carbocycles. The molecule has 0 fully saturated rings.